The van der Waals surface area contributed by atoms with Gasteiger partial charge in [0.15, 0.2) is 0 Å². The van der Waals surface area contributed by atoms with E-state index in [4.69, 9.17) is 4.74 Å². The fraction of sp³-hybridized carbons (Fsp3) is 0.455. The molecule has 63 valence electrons. The number of rotatable bonds is 3. The van der Waals surface area contributed by atoms with Gasteiger partial charge in [0, 0.05) is 12.5 Å². The van der Waals surface area contributed by atoms with Crippen molar-refractivity contribution in [2.45, 2.75) is 18.3 Å². The highest BCUT2D eigenvalue weighted by molar-refractivity contribution is 5.30. The zero-order valence-electron chi connectivity index (χ0n) is 7.34. The largest absolute Gasteiger partial charge is 0.384 e. The molecule has 1 aromatic rings. The van der Waals surface area contributed by atoms with Crippen molar-refractivity contribution in [1.29, 1.82) is 0 Å². The summed E-state index contributed by atoms with van der Waals surface area (Å²) >= 11 is 0. The Balaban J connectivity index is 2.19. The zero-order chi connectivity index (χ0) is 8.44. The van der Waals surface area contributed by atoms with Gasteiger partial charge >= 0.3 is 0 Å². The third kappa shape index (κ3) is 1.25. The Hall–Kier alpha value is -0.820. The first-order valence-corrected chi connectivity index (χ1v) is 4.33. The number of ether oxygens (including phenoxy) is 1. The van der Waals surface area contributed by atoms with Gasteiger partial charge in [-0.25, -0.2) is 0 Å². The summed E-state index contributed by atoms with van der Waals surface area (Å²) in [5, 5.41) is 0. The second-order valence-corrected chi connectivity index (χ2v) is 3.50. The van der Waals surface area contributed by atoms with Crippen molar-refractivity contribution in [3.8, 4) is 0 Å². The van der Waals surface area contributed by atoms with Crippen LogP contribution >= 0.6 is 0 Å². The van der Waals surface area contributed by atoms with E-state index < -0.39 is 0 Å². The van der Waals surface area contributed by atoms with Crippen LogP contribution in [0.25, 0.3) is 0 Å². The molecule has 0 heterocycles. The van der Waals surface area contributed by atoms with E-state index in [2.05, 4.69) is 18.2 Å². The predicted molar refractivity (Wildman–Crippen MR) is 48.1 cm³/mol. The molecule has 0 atom stereocenters. The first kappa shape index (κ1) is 7.81. The topological polar surface area (TPSA) is 9.23 Å². The van der Waals surface area contributed by atoms with Crippen molar-refractivity contribution in [1.82, 2.24) is 0 Å². The zero-order valence-corrected chi connectivity index (χ0v) is 7.34. The van der Waals surface area contributed by atoms with Crippen LogP contribution in [0.4, 0.5) is 0 Å². The van der Waals surface area contributed by atoms with E-state index in [9.17, 15) is 0 Å². The Labute approximate surface area is 73.4 Å². The van der Waals surface area contributed by atoms with Crippen molar-refractivity contribution in [2.75, 3.05) is 13.7 Å². The van der Waals surface area contributed by atoms with E-state index in [1.807, 2.05) is 12.1 Å². The molecule has 1 saturated carbocycles. The van der Waals surface area contributed by atoms with Crippen molar-refractivity contribution in [3.05, 3.63) is 35.9 Å². The average molecular weight is 161 g/mol. The van der Waals surface area contributed by atoms with Gasteiger partial charge in [-0.05, 0) is 24.5 Å². The molecule has 0 N–H and O–H groups in total. The maximum absolute atomic E-state index is 5.21. The molecule has 1 nitrogen and oxygen atoms in total. The highest BCUT2D eigenvalue weighted by Gasteiger charge is 2.43. The molecule has 2 rings (SSSR count). The fourth-order valence-corrected chi connectivity index (χ4v) is 1.68. The highest BCUT2D eigenvalue weighted by Crippen LogP contribution is 2.47. The summed E-state index contributed by atoms with van der Waals surface area (Å²) in [6.07, 6.45) is 2.54. The van der Waals surface area contributed by atoms with Crippen LogP contribution in [0, 0.1) is 6.07 Å². The summed E-state index contributed by atoms with van der Waals surface area (Å²) in [5.41, 5.74) is 1.76. The molecule has 12 heavy (non-hydrogen) atoms. The molecule has 0 spiro atoms. The van der Waals surface area contributed by atoms with E-state index in [0.717, 1.165) is 6.61 Å². The minimum absolute atomic E-state index is 0.351. The second kappa shape index (κ2) is 2.91. The van der Waals surface area contributed by atoms with Gasteiger partial charge < -0.3 is 4.74 Å². The lowest BCUT2D eigenvalue weighted by molar-refractivity contribution is 0.171. The van der Waals surface area contributed by atoms with Gasteiger partial charge in [-0.2, -0.15) is 0 Å². The van der Waals surface area contributed by atoms with Crippen LogP contribution in [-0.4, -0.2) is 13.7 Å². The van der Waals surface area contributed by atoms with Crippen molar-refractivity contribution < 1.29 is 4.74 Å². The Morgan fingerprint density at radius 2 is 2.08 bits per heavy atom. The van der Waals surface area contributed by atoms with Crippen LogP contribution < -0.4 is 0 Å². The lowest BCUT2D eigenvalue weighted by atomic mass is 9.97. The van der Waals surface area contributed by atoms with Gasteiger partial charge in [0.05, 0.1) is 6.61 Å². The number of hydrogen-bond acceptors (Lipinski definition) is 1. The van der Waals surface area contributed by atoms with Gasteiger partial charge in [0.2, 0.25) is 0 Å². The maximum Gasteiger partial charge on any atom is 0.0559 e. The van der Waals surface area contributed by atoms with E-state index >= 15 is 0 Å². The minimum Gasteiger partial charge on any atom is -0.384 e. The van der Waals surface area contributed by atoms with Crippen molar-refractivity contribution in [3.63, 3.8) is 0 Å². The molecular formula is C11H13O. The Kier molecular flexibility index (Phi) is 1.89. The molecule has 1 aliphatic carbocycles. The molecule has 1 radical (unpaired) electrons. The quantitative estimate of drug-likeness (QED) is 0.660. The fourth-order valence-electron chi connectivity index (χ4n) is 1.68. The molecule has 0 aromatic heterocycles. The number of hydrogen-bond donors (Lipinski definition) is 0. The molecule has 0 bridgehead atoms. The monoisotopic (exact) mass is 161 g/mol. The summed E-state index contributed by atoms with van der Waals surface area (Å²) in [6, 6.07) is 11.3. The van der Waals surface area contributed by atoms with Crippen LogP contribution in [-0.2, 0) is 10.2 Å². The molecule has 1 aromatic carbocycles. The van der Waals surface area contributed by atoms with Crippen LogP contribution in [0.5, 0.6) is 0 Å². The Bertz CT molecular complexity index is 249. The van der Waals surface area contributed by atoms with Gasteiger partial charge in [0.25, 0.3) is 0 Å². The van der Waals surface area contributed by atoms with Crippen LogP contribution in [0.15, 0.2) is 24.3 Å². The first-order valence-electron chi connectivity index (χ1n) is 4.33. The number of benzene rings is 1. The normalized spacial score (nSPS) is 19.1. The smallest absolute Gasteiger partial charge is 0.0559 e. The van der Waals surface area contributed by atoms with E-state index in [1.165, 1.54) is 18.4 Å². The summed E-state index contributed by atoms with van der Waals surface area (Å²) in [5.74, 6) is 0. The van der Waals surface area contributed by atoms with Gasteiger partial charge in [0.1, 0.15) is 0 Å². The third-order valence-corrected chi connectivity index (χ3v) is 2.60. The Morgan fingerprint density at radius 3 is 2.58 bits per heavy atom. The molecule has 0 amide bonds. The molecule has 1 aliphatic rings. The van der Waals surface area contributed by atoms with Gasteiger partial charge in [-0.1, -0.05) is 24.3 Å². The third-order valence-electron chi connectivity index (χ3n) is 2.60. The molecule has 0 saturated heterocycles. The van der Waals surface area contributed by atoms with Gasteiger partial charge in [-0.3, -0.25) is 0 Å². The van der Waals surface area contributed by atoms with E-state index in [-0.39, 0.29) is 0 Å². The maximum atomic E-state index is 5.21. The minimum atomic E-state index is 0.351. The highest BCUT2D eigenvalue weighted by atomic mass is 16.5. The van der Waals surface area contributed by atoms with Gasteiger partial charge in [-0.15, -0.1) is 0 Å². The molecule has 1 fully saturated rings. The predicted octanol–water partition coefficient (Wildman–Crippen LogP) is 2.16. The molecular weight excluding hydrogens is 148 g/mol. The summed E-state index contributed by atoms with van der Waals surface area (Å²) in [6.45, 7) is 0.858. The van der Waals surface area contributed by atoms with Crippen molar-refractivity contribution >= 4 is 0 Å². The lowest BCUT2D eigenvalue weighted by Gasteiger charge is -2.13. The summed E-state index contributed by atoms with van der Waals surface area (Å²) in [4.78, 5) is 0. The Morgan fingerprint density at radius 1 is 1.42 bits per heavy atom. The second-order valence-electron chi connectivity index (χ2n) is 3.50. The van der Waals surface area contributed by atoms with E-state index in [0.29, 0.717) is 5.41 Å². The SMILES string of the molecule is COCC1(c2cc[c]cc2)CC1. The van der Waals surface area contributed by atoms with Crippen LogP contribution in [0.3, 0.4) is 0 Å². The summed E-state index contributed by atoms with van der Waals surface area (Å²) in [7, 11) is 1.77. The standard InChI is InChI=1S/C11H13O/c1-12-9-11(7-8-11)10-5-3-2-4-6-10/h3-6H,7-9H2,1H3. The van der Waals surface area contributed by atoms with Crippen molar-refractivity contribution in [2.24, 2.45) is 0 Å². The molecule has 0 aliphatic heterocycles. The van der Waals surface area contributed by atoms with E-state index in [1.54, 1.807) is 7.11 Å². The van der Waals surface area contributed by atoms with Crippen LogP contribution in [0.1, 0.15) is 18.4 Å². The van der Waals surface area contributed by atoms with Crippen LogP contribution in [0.2, 0.25) is 0 Å². The number of methoxy groups -OCH3 is 1. The molecule has 0 unspecified atom stereocenters. The molecule has 1 heteroatoms. The lowest BCUT2D eigenvalue weighted by Crippen LogP contribution is -2.13. The average Bonchev–Trinajstić information content (AvgIpc) is 2.88. The summed E-state index contributed by atoms with van der Waals surface area (Å²) < 4.78 is 5.21. The first-order chi connectivity index (χ1) is 5.87.